The van der Waals surface area contributed by atoms with Gasteiger partial charge in [-0.25, -0.2) is 13.8 Å². The lowest BCUT2D eigenvalue weighted by Crippen LogP contribution is -2.51. The number of aromatic nitrogens is 5. The second kappa shape index (κ2) is 23.8. The molecule has 16 nitrogen and oxygen atoms in total. The van der Waals surface area contributed by atoms with Gasteiger partial charge in [-0.15, -0.1) is 17.8 Å². The molecule has 5 aliphatic heterocycles. The molecule has 12 rings (SSSR count). The largest absolute Gasteiger partial charge is 0.508 e. The number of hydrogen-bond acceptors (Lipinski definition) is 15. The first-order valence-electron chi connectivity index (χ1n) is 28.3. The number of fused-ring (bicyclic) bond motifs is 4. The van der Waals surface area contributed by atoms with E-state index in [1.165, 1.54) is 30.7 Å². The Hall–Kier alpha value is -7.27. The van der Waals surface area contributed by atoms with Crippen molar-refractivity contribution in [3.63, 3.8) is 0 Å². The first-order chi connectivity index (χ1) is 38.8. The molecule has 0 saturated carbocycles. The summed E-state index contributed by atoms with van der Waals surface area (Å²) in [6.07, 6.45) is 15.3. The van der Waals surface area contributed by atoms with Crippen LogP contribution in [0.1, 0.15) is 101 Å². The summed E-state index contributed by atoms with van der Waals surface area (Å²) in [5, 5.41) is 23.0. The number of thiazole rings is 1. The van der Waals surface area contributed by atoms with Crippen molar-refractivity contribution in [3.05, 3.63) is 101 Å². The number of likely N-dealkylation sites (tertiary alicyclic amines) is 2. The molecule has 0 spiro atoms. The minimum atomic E-state index is -0.746. The summed E-state index contributed by atoms with van der Waals surface area (Å²) in [5.74, 6) is 3.52. The summed E-state index contributed by atoms with van der Waals surface area (Å²) in [6, 6.07) is 15.5. The van der Waals surface area contributed by atoms with E-state index in [2.05, 4.69) is 77.3 Å². The van der Waals surface area contributed by atoms with E-state index in [0.717, 1.165) is 92.2 Å². The number of terminal acetylenes is 1. The van der Waals surface area contributed by atoms with Gasteiger partial charge in [0.05, 0.1) is 39.5 Å². The molecule has 80 heavy (non-hydrogen) atoms. The standard InChI is InChI=1S/C58H61F2N11O5S.C3H8/c1-4-44-47(59)14-11-39-23-42(72)24-45(51(39)44)53-52(60)54-46(27-61-53)56(70-30-40-12-13-41(31-70)64-40)66-58(65-54)75-21-20-68-18-15-35(16-19-68)22-36-28-69(29-36)49-25-43(76-67-49)26-50(73)71-17-5-6-48(71)57(74)63-33(2)37-7-9-38(10-8-37)55-34(3)62-32-77-55;1-3-2/h1,7-11,14,23-25,27,32-33,35-36,40-41,48,64,72H,5-6,12-13,15-22,26,28-31H2,2-3H3,(H,63,74);3H2,1-2H3. The number of ether oxygens (including phenoxy) is 1. The number of anilines is 2. The van der Waals surface area contributed by atoms with Gasteiger partial charge >= 0.3 is 6.01 Å². The highest BCUT2D eigenvalue weighted by atomic mass is 32.1. The van der Waals surface area contributed by atoms with Crippen molar-refractivity contribution in [2.24, 2.45) is 11.8 Å². The molecule has 4 aromatic heterocycles. The summed E-state index contributed by atoms with van der Waals surface area (Å²) in [7, 11) is 0. The number of halogens is 2. The van der Waals surface area contributed by atoms with Gasteiger partial charge in [-0.3, -0.25) is 19.5 Å². The molecule has 4 atom stereocenters. The zero-order valence-electron chi connectivity index (χ0n) is 45.9. The average molecular weight is 1110 g/mol. The molecule has 0 radical (unpaired) electrons. The summed E-state index contributed by atoms with van der Waals surface area (Å²) in [6.45, 7) is 14.7. The van der Waals surface area contributed by atoms with E-state index in [4.69, 9.17) is 20.7 Å². The highest BCUT2D eigenvalue weighted by Crippen LogP contribution is 2.40. The Morgan fingerprint density at radius 2 is 1.71 bits per heavy atom. The van der Waals surface area contributed by atoms with Gasteiger partial charge in [0.25, 0.3) is 0 Å². The molecule has 0 aliphatic carbocycles. The third-order valence-corrected chi connectivity index (χ3v) is 17.4. The summed E-state index contributed by atoms with van der Waals surface area (Å²) < 4.78 is 44.0. The number of rotatable bonds is 15. The molecule has 3 aromatic carbocycles. The molecule has 418 valence electrons. The van der Waals surface area contributed by atoms with Crippen LogP contribution in [0.3, 0.4) is 0 Å². The Kier molecular flexibility index (Phi) is 16.3. The van der Waals surface area contributed by atoms with Crippen LogP contribution in [-0.2, 0) is 16.0 Å². The van der Waals surface area contributed by atoms with E-state index in [-0.39, 0.29) is 75.8 Å². The number of piperidine rings is 1. The van der Waals surface area contributed by atoms with Gasteiger partial charge in [-0.05, 0) is 118 Å². The summed E-state index contributed by atoms with van der Waals surface area (Å²) in [4.78, 5) is 55.1. The van der Waals surface area contributed by atoms with Gasteiger partial charge in [0.15, 0.2) is 11.6 Å². The fourth-order valence-electron chi connectivity index (χ4n) is 12.3. The van der Waals surface area contributed by atoms with Crippen LogP contribution in [0, 0.1) is 42.7 Å². The molecule has 19 heteroatoms. The number of carbonyl (C=O) groups is 2. The Labute approximate surface area is 469 Å². The van der Waals surface area contributed by atoms with Crippen LogP contribution in [0.25, 0.3) is 43.4 Å². The number of pyridine rings is 1. The third-order valence-electron chi connectivity index (χ3n) is 16.4. The van der Waals surface area contributed by atoms with E-state index in [0.29, 0.717) is 73.4 Å². The number of nitrogens with one attached hydrogen (secondary N) is 2. The van der Waals surface area contributed by atoms with Gasteiger partial charge < -0.3 is 39.7 Å². The van der Waals surface area contributed by atoms with Crippen LogP contribution >= 0.6 is 11.3 Å². The lowest BCUT2D eigenvalue weighted by Gasteiger charge is -2.42. The maximum Gasteiger partial charge on any atom is 0.319 e. The molecular weight excluding hydrogens is 1040 g/mol. The third kappa shape index (κ3) is 11.5. The van der Waals surface area contributed by atoms with Crippen molar-refractivity contribution in [2.45, 2.75) is 110 Å². The Balaban J connectivity index is 0.00000220. The summed E-state index contributed by atoms with van der Waals surface area (Å²) in [5.41, 5.74) is 4.95. The molecule has 3 N–H and O–H groups in total. The highest BCUT2D eigenvalue weighted by molar-refractivity contribution is 7.13. The number of aromatic hydroxyl groups is 1. The minimum absolute atomic E-state index is 0.0198. The number of hydrogen-bond donors (Lipinski definition) is 3. The number of nitrogens with zero attached hydrogens (tertiary/aromatic N) is 9. The van der Waals surface area contributed by atoms with E-state index in [1.807, 2.05) is 37.6 Å². The molecule has 4 unspecified atom stereocenters. The molecule has 5 saturated heterocycles. The topological polar surface area (TPSA) is 178 Å². The lowest BCUT2D eigenvalue weighted by atomic mass is 9.83. The van der Waals surface area contributed by atoms with Crippen molar-refractivity contribution < 1.29 is 32.7 Å². The monoisotopic (exact) mass is 1110 g/mol. The molecule has 2 bridgehead atoms. The minimum Gasteiger partial charge on any atom is -0.508 e. The molecular formula is C61H69F2N11O5S. The van der Waals surface area contributed by atoms with Gasteiger partial charge in [-0.2, -0.15) is 9.97 Å². The highest BCUT2D eigenvalue weighted by Gasteiger charge is 2.38. The van der Waals surface area contributed by atoms with Gasteiger partial charge in [-0.1, -0.05) is 61.7 Å². The van der Waals surface area contributed by atoms with Gasteiger partial charge in [0.1, 0.15) is 47.0 Å². The fraction of sp³-hybridized carbons (Fsp3) is 0.459. The SMILES string of the molecule is C#Cc1c(F)ccc2cc(O)cc(-c3ncc4c(N5CC6CCC(C5)N6)nc(OCCN5CCC(CC6CN(c7cc(CC(=O)N8CCCC8C(=O)NC(C)c8ccc(-c9scnc9C)cc8)on7)C6)CC5)nc4c3F)c12.CCC. The second-order valence-corrected chi connectivity index (χ2v) is 23.1. The number of phenolic OH excluding ortho intramolecular Hbond substituents is 1. The Morgan fingerprint density at radius 1 is 0.950 bits per heavy atom. The molecule has 2 amide bonds. The smallest absolute Gasteiger partial charge is 0.319 e. The van der Waals surface area contributed by atoms with Crippen molar-refractivity contribution >= 4 is 56.5 Å². The predicted octanol–water partition coefficient (Wildman–Crippen LogP) is 9.62. The van der Waals surface area contributed by atoms with Crippen LogP contribution in [-0.4, -0.2) is 129 Å². The summed E-state index contributed by atoms with van der Waals surface area (Å²) >= 11 is 1.61. The van der Waals surface area contributed by atoms with Crippen molar-refractivity contribution in [3.8, 4) is 45.8 Å². The van der Waals surface area contributed by atoms with E-state index in [9.17, 15) is 14.7 Å². The normalized spacial score (nSPS) is 19.9. The number of phenols is 1. The zero-order chi connectivity index (χ0) is 55.6. The first-order valence-corrected chi connectivity index (χ1v) is 29.2. The first kappa shape index (κ1) is 54.7. The number of aryl methyl sites for hydroxylation is 1. The van der Waals surface area contributed by atoms with Crippen molar-refractivity contribution in [2.75, 3.05) is 68.8 Å². The Bertz CT molecular complexity index is 3410. The van der Waals surface area contributed by atoms with Gasteiger partial charge in [0.2, 0.25) is 11.8 Å². The van der Waals surface area contributed by atoms with E-state index in [1.54, 1.807) is 22.4 Å². The number of piperazine rings is 1. The quantitative estimate of drug-likeness (QED) is 0.0827. The molecule has 5 fully saturated rings. The van der Waals surface area contributed by atoms with Crippen LogP contribution in [0.4, 0.5) is 20.4 Å². The van der Waals surface area contributed by atoms with Crippen molar-refractivity contribution in [1.82, 2.24) is 45.5 Å². The van der Waals surface area contributed by atoms with Crippen LogP contribution in [0.5, 0.6) is 11.8 Å². The second-order valence-electron chi connectivity index (χ2n) is 22.3. The van der Waals surface area contributed by atoms with Crippen LogP contribution < -0.4 is 25.2 Å². The van der Waals surface area contributed by atoms with Crippen LogP contribution in [0.2, 0.25) is 0 Å². The Morgan fingerprint density at radius 3 is 2.44 bits per heavy atom. The zero-order valence-corrected chi connectivity index (χ0v) is 46.7. The number of carbonyl (C=O) groups excluding carboxylic acids is 2. The molecule has 9 heterocycles. The van der Waals surface area contributed by atoms with Crippen molar-refractivity contribution in [1.29, 1.82) is 0 Å². The molecule has 5 aliphatic rings. The predicted molar refractivity (Wildman–Crippen MR) is 307 cm³/mol. The number of amides is 2. The average Bonchev–Trinajstić information content (AvgIpc) is 4.31. The maximum atomic E-state index is 17.0. The van der Waals surface area contributed by atoms with E-state index < -0.39 is 17.7 Å². The molecule has 7 aromatic rings. The van der Waals surface area contributed by atoms with Crippen LogP contribution in [0.15, 0.2) is 70.8 Å². The van der Waals surface area contributed by atoms with Gasteiger partial charge in [0, 0.05) is 74.6 Å². The fourth-order valence-corrected chi connectivity index (χ4v) is 13.2. The van der Waals surface area contributed by atoms with E-state index >= 15 is 8.78 Å². The lowest BCUT2D eigenvalue weighted by molar-refractivity contribution is -0.138. The maximum absolute atomic E-state index is 17.0. The number of benzene rings is 3.